The van der Waals surface area contributed by atoms with Gasteiger partial charge in [-0.15, -0.1) is 0 Å². The number of hydrogen-bond acceptors (Lipinski definition) is 7. The Morgan fingerprint density at radius 1 is 1.39 bits per heavy atom. The number of hydrogen-bond donors (Lipinski definition) is 2. The van der Waals surface area contributed by atoms with Crippen molar-refractivity contribution in [2.45, 2.75) is 13.1 Å². The van der Waals surface area contributed by atoms with E-state index in [0.717, 1.165) is 11.3 Å². The van der Waals surface area contributed by atoms with Crippen LogP contribution in [-0.2, 0) is 17.8 Å². The average Bonchev–Trinajstić information content (AvgIpc) is 3.06. The van der Waals surface area contributed by atoms with E-state index in [1.165, 1.54) is 13.3 Å². The average molecular weight is 246 g/mol. The number of esters is 1. The van der Waals surface area contributed by atoms with Gasteiger partial charge in [-0.3, -0.25) is 0 Å². The summed E-state index contributed by atoms with van der Waals surface area (Å²) in [6, 6.07) is 0. The zero-order valence-corrected chi connectivity index (χ0v) is 9.60. The molecule has 1 aliphatic rings. The highest BCUT2D eigenvalue weighted by Gasteiger charge is 2.24. The second kappa shape index (κ2) is 4.15. The second-order valence-corrected chi connectivity index (χ2v) is 3.77. The Balaban J connectivity index is 2.16. The van der Waals surface area contributed by atoms with Crippen LogP contribution in [0, 0.1) is 0 Å². The molecular formula is C10H10N6O2. The van der Waals surface area contributed by atoms with Crippen LogP contribution >= 0.6 is 0 Å². The van der Waals surface area contributed by atoms with Crippen molar-refractivity contribution in [3.63, 3.8) is 0 Å². The van der Waals surface area contributed by atoms with Gasteiger partial charge in [0.25, 0.3) is 0 Å². The molecule has 2 aromatic rings. The molecule has 0 amide bonds. The first-order chi connectivity index (χ1) is 8.79. The van der Waals surface area contributed by atoms with Crippen molar-refractivity contribution >= 4 is 5.97 Å². The number of carbonyl (C=O) groups is 1. The SMILES string of the molecule is COC(=O)c1nc(-c2cn[nH]n2)nc2c1CNC2. The van der Waals surface area contributed by atoms with Crippen LogP contribution in [0.1, 0.15) is 21.7 Å². The minimum atomic E-state index is -0.470. The number of nitrogens with one attached hydrogen (secondary N) is 2. The van der Waals surface area contributed by atoms with E-state index in [0.29, 0.717) is 24.6 Å². The summed E-state index contributed by atoms with van der Waals surface area (Å²) in [5.74, 6) is -0.103. The molecule has 0 saturated heterocycles. The normalized spacial score (nSPS) is 13.4. The summed E-state index contributed by atoms with van der Waals surface area (Å²) in [6.07, 6.45) is 1.51. The third-order valence-corrected chi connectivity index (χ3v) is 2.71. The lowest BCUT2D eigenvalue weighted by molar-refractivity contribution is 0.0592. The number of carbonyl (C=O) groups excluding carboxylic acids is 1. The van der Waals surface area contributed by atoms with Crippen LogP contribution in [0.4, 0.5) is 0 Å². The molecule has 0 bridgehead atoms. The maximum absolute atomic E-state index is 11.7. The van der Waals surface area contributed by atoms with Crippen molar-refractivity contribution in [3.8, 4) is 11.5 Å². The topological polar surface area (TPSA) is 106 Å². The van der Waals surface area contributed by atoms with E-state index in [1.54, 1.807) is 0 Å². The second-order valence-electron chi connectivity index (χ2n) is 3.77. The van der Waals surface area contributed by atoms with E-state index in [-0.39, 0.29) is 5.69 Å². The van der Waals surface area contributed by atoms with E-state index in [1.807, 2.05) is 0 Å². The summed E-state index contributed by atoms with van der Waals surface area (Å²) in [5, 5.41) is 13.2. The van der Waals surface area contributed by atoms with Crippen molar-refractivity contribution in [1.82, 2.24) is 30.7 Å². The third kappa shape index (κ3) is 1.63. The summed E-state index contributed by atoms with van der Waals surface area (Å²) in [5.41, 5.74) is 2.36. The standard InChI is InChI=1S/C10H10N6O2/c1-18-10(17)8-5-2-11-3-6(5)13-9(14-8)7-4-12-16-15-7/h4,11H,2-3H2,1H3,(H,12,15,16). The number of aromatic amines is 1. The molecule has 2 aromatic heterocycles. The molecule has 2 N–H and O–H groups in total. The maximum atomic E-state index is 11.7. The van der Waals surface area contributed by atoms with E-state index in [9.17, 15) is 4.79 Å². The van der Waals surface area contributed by atoms with Gasteiger partial charge in [0.05, 0.1) is 19.0 Å². The van der Waals surface area contributed by atoms with Gasteiger partial charge in [-0.05, 0) is 0 Å². The number of methoxy groups -OCH3 is 1. The van der Waals surface area contributed by atoms with E-state index >= 15 is 0 Å². The summed E-state index contributed by atoms with van der Waals surface area (Å²) in [4.78, 5) is 20.3. The fourth-order valence-electron chi connectivity index (χ4n) is 1.86. The lowest BCUT2D eigenvalue weighted by Crippen LogP contribution is -2.11. The van der Waals surface area contributed by atoms with Crippen LogP contribution < -0.4 is 5.32 Å². The van der Waals surface area contributed by atoms with Gasteiger partial charge in [0, 0.05) is 18.7 Å². The molecule has 18 heavy (non-hydrogen) atoms. The number of nitrogens with zero attached hydrogens (tertiary/aromatic N) is 4. The Kier molecular flexibility index (Phi) is 2.49. The Hall–Kier alpha value is -2.35. The smallest absolute Gasteiger partial charge is 0.357 e. The van der Waals surface area contributed by atoms with Crippen LogP contribution in [0.15, 0.2) is 6.20 Å². The quantitative estimate of drug-likeness (QED) is 0.697. The minimum absolute atomic E-state index is 0.283. The highest BCUT2D eigenvalue weighted by atomic mass is 16.5. The van der Waals surface area contributed by atoms with Gasteiger partial charge in [-0.2, -0.15) is 15.4 Å². The molecule has 0 saturated carbocycles. The highest BCUT2D eigenvalue weighted by molar-refractivity contribution is 5.89. The zero-order chi connectivity index (χ0) is 12.5. The third-order valence-electron chi connectivity index (χ3n) is 2.71. The number of aromatic nitrogens is 5. The molecule has 3 heterocycles. The van der Waals surface area contributed by atoms with Crippen molar-refractivity contribution in [2.24, 2.45) is 0 Å². The van der Waals surface area contributed by atoms with Crippen LogP contribution in [0.5, 0.6) is 0 Å². The Bertz CT molecular complexity index is 595. The van der Waals surface area contributed by atoms with E-state index in [2.05, 4.69) is 30.7 Å². The largest absolute Gasteiger partial charge is 0.464 e. The lowest BCUT2D eigenvalue weighted by atomic mass is 10.2. The van der Waals surface area contributed by atoms with Gasteiger partial charge in [0.15, 0.2) is 11.5 Å². The fourth-order valence-corrected chi connectivity index (χ4v) is 1.86. The molecule has 0 unspecified atom stereocenters. The zero-order valence-electron chi connectivity index (χ0n) is 9.60. The van der Waals surface area contributed by atoms with Crippen molar-refractivity contribution < 1.29 is 9.53 Å². The van der Waals surface area contributed by atoms with Crippen molar-refractivity contribution in [2.75, 3.05) is 7.11 Å². The van der Waals surface area contributed by atoms with Crippen LogP contribution in [0.3, 0.4) is 0 Å². The number of ether oxygens (including phenoxy) is 1. The molecule has 0 aromatic carbocycles. The predicted molar refractivity (Wildman–Crippen MR) is 59.3 cm³/mol. The molecular weight excluding hydrogens is 236 g/mol. The van der Waals surface area contributed by atoms with Crippen LogP contribution in [0.25, 0.3) is 11.5 Å². The summed E-state index contributed by atoms with van der Waals surface area (Å²) < 4.78 is 4.73. The fraction of sp³-hybridized carbons (Fsp3) is 0.300. The molecule has 92 valence electrons. The summed E-state index contributed by atoms with van der Waals surface area (Å²) >= 11 is 0. The van der Waals surface area contributed by atoms with Crippen LogP contribution in [0.2, 0.25) is 0 Å². The van der Waals surface area contributed by atoms with Gasteiger partial charge < -0.3 is 10.1 Å². The van der Waals surface area contributed by atoms with E-state index < -0.39 is 5.97 Å². The Morgan fingerprint density at radius 3 is 3.00 bits per heavy atom. The Labute approximate surface area is 102 Å². The first-order valence-electron chi connectivity index (χ1n) is 5.34. The number of fused-ring (bicyclic) bond motifs is 1. The minimum Gasteiger partial charge on any atom is -0.464 e. The van der Waals surface area contributed by atoms with Crippen molar-refractivity contribution in [3.05, 3.63) is 23.1 Å². The Morgan fingerprint density at radius 2 is 2.28 bits per heavy atom. The highest BCUT2D eigenvalue weighted by Crippen LogP contribution is 2.21. The summed E-state index contributed by atoms with van der Waals surface area (Å²) in [7, 11) is 1.33. The maximum Gasteiger partial charge on any atom is 0.357 e. The number of rotatable bonds is 2. The molecule has 0 spiro atoms. The molecule has 0 fully saturated rings. The summed E-state index contributed by atoms with van der Waals surface area (Å²) in [6.45, 7) is 1.17. The van der Waals surface area contributed by atoms with Gasteiger partial charge in [-0.1, -0.05) is 0 Å². The molecule has 0 atom stereocenters. The first kappa shape index (κ1) is 10.8. The van der Waals surface area contributed by atoms with Crippen LogP contribution in [-0.4, -0.2) is 38.5 Å². The van der Waals surface area contributed by atoms with Gasteiger partial charge in [0.1, 0.15) is 5.69 Å². The van der Waals surface area contributed by atoms with Crippen molar-refractivity contribution in [1.29, 1.82) is 0 Å². The first-order valence-corrected chi connectivity index (χ1v) is 5.34. The monoisotopic (exact) mass is 246 g/mol. The molecule has 0 aliphatic carbocycles. The van der Waals surface area contributed by atoms with Gasteiger partial charge in [-0.25, -0.2) is 14.8 Å². The van der Waals surface area contributed by atoms with Gasteiger partial charge >= 0.3 is 5.97 Å². The lowest BCUT2D eigenvalue weighted by Gasteiger charge is -2.06. The molecule has 3 rings (SSSR count). The molecule has 8 heteroatoms. The molecule has 0 radical (unpaired) electrons. The number of H-pyrrole nitrogens is 1. The molecule has 8 nitrogen and oxygen atoms in total. The molecule has 1 aliphatic heterocycles. The predicted octanol–water partition coefficient (Wildman–Crippen LogP) is -0.349. The van der Waals surface area contributed by atoms with E-state index in [4.69, 9.17) is 4.74 Å². The van der Waals surface area contributed by atoms with Gasteiger partial charge in [0.2, 0.25) is 0 Å².